The SMILES string of the molecule is Cc1ccc(NC(N)=NC2CC2c2c(F)cccc2Cl)cc1.I. The van der Waals surface area contributed by atoms with Crippen LogP contribution in [-0.4, -0.2) is 12.0 Å². The summed E-state index contributed by atoms with van der Waals surface area (Å²) < 4.78 is 13.9. The number of guanidine groups is 1. The molecule has 0 radical (unpaired) electrons. The fraction of sp³-hybridized carbons (Fsp3) is 0.235. The van der Waals surface area contributed by atoms with Crippen LogP contribution < -0.4 is 11.1 Å². The lowest BCUT2D eigenvalue weighted by Gasteiger charge is -2.06. The molecule has 1 aliphatic rings. The summed E-state index contributed by atoms with van der Waals surface area (Å²) in [6, 6.07) is 12.6. The van der Waals surface area contributed by atoms with Crippen LogP contribution in [0.1, 0.15) is 23.5 Å². The maximum absolute atomic E-state index is 13.9. The van der Waals surface area contributed by atoms with Gasteiger partial charge in [-0.15, -0.1) is 24.0 Å². The summed E-state index contributed by atoms with van der Waals surface area (Å²) in [6.07, 6.45) is 0.761. The van der Waals surface area contributed by atoms with E-state index < -0.39 is 0 Å². The van der Waals surface area contributed by atoms with E-state index in [2.05, 4.69) is 10.3 Å². The number of rotatable bonds is 3. The highest BCUT2D eigenvalue weighted by molar-refractivity contribution is 14.0. The Kier molecular flexibility index (Phi) is 5.86. The van der Waals surface area contributed by atoms with E-state index in [1.165, 1.54) is 11.6 Å². The van der Waals surface area contributed by atoms with E-state index in [4.69, 9.17) is 17.3 Å². The number of nitrogens with zero attached hydrogens (tertiary/aromatic N) is 1. The molecular formula is C17H18ClFIN3. The molecular weight excluding hydrogens is 428 g/mol. The van der Waals surface area contributed by atoms with E-state index in [1.54, 1.807) is 12.1 Å². The third-order valence-corrected chi connectivity index (χ3v) is 4.09. The molecule has 0 aromatic heterocycles. The van der Waals surface area contributed by atoms with Crippen molar-refractivity contribution in [1.82, 2.24) is 0 Å². The summed E-state index contributed by atoms with van der Waals surface area (Å²) >= 11 is 6.08. The summed E-state index contributed by atoms with van der Waals surface area (Å²) in [5, 5.41) is 3.49. The van der Waals surface area contributed by atoms with Crippen molar-refractivity contribution >= 4 is 47.2 Å². The lowest BCUT2D eigenvalue weighted by molar-refractivity contribution is 0.609. The van der Waals surface area contributed by atoms with Crippen LogP contribution in [-0.2, 0) is 0 Å². The molecule has 0 amide bonds. The Morgan fingerprint density at radius 2 is 1.96 bits per heavy atom. The quantitative estimate of drug-likeness (QED) is 0.409. The second-order valence-corrected chi connectivity index (χ2v) is 5.96. The van der Waals surface area contributed by atoms with Crippen LogP contribution in [0.5, 0.6) is 0 Å². The van der Waals surface area contributed by atoms with Gasteiger partial charge in [0.2, 0.25) is 0 Å². The van der Waals surface area contributed by atoms with E-state index in [1.807, 2.05) is 31.2 Å². The van der Waals surface area contributed by atoms with Crippen molar-refractivity contribution in [2.24, 2.45) is 10.7 Å². The largest absolute Gasteiger partial charge is 0.370 e. The topological polar surface area (TPSA) is 50.4 Å². The molecule has 0 heterocycles. The molecule has 2 aromatic rings. The number of benzene rings is 2. The van der Waals surface area contributed by atoms with Gasteiger partial charge in [-0.3, -0.25) is 0 Å². The minimum atomic E-state index is -0.278. The zero-order valence-electron chi connectivity index (χ0n) is 12.6. The van der Waals surface area contributed by atoms with E-state index >= 15 is 0 Å². The molecule has 3 N–H and O–H groups in total. The van der Waals surface area contributed by atoms with E-state index in [9.17, 15) is 4.39 Å². The standard InChI is InChI=1S/C17H17ClFN3.HI/c1-10-5-7-11(8-6-10)21-17(20)22-15-9-12(15)16-13(18)3-2-4-14(16)19;/h2-8,12,15H,9H2,1H3,(H3,20,21,22);1H. The highest BCUT2D eigenvalue weighted by Gasteiger charge is 2.41. The lowest BCUT2D eigenvalue weighted by atomic mass is 10.1. The van der Waals surface area contributed by atoms with Gasteiger partial charge >= 0.3 is 0 Å². The van der Waals surface area contributed by atoms with Gasteiger partial charge in [0.15, 0.2) is 5.96 Å². The number of aryl methyl sites for hydroxylation is 1. The van der Waals surface area contributed by atoms with Crippen molar-refractivity contribution < 1.29 is 4.39 Å². The highest BCUT2D eigenvalue weighted by atomic mass is 127. The van der Waals surface area contributed by atoms with Crippen LogP contribution in [0.2, 0.25) is 5.02 Å². The third kappa shape index (κ3) is 4.35. The van der Waals surface area contributed by atoms with Crippen LogP contribution in [0, 0.1) is 12.7 Å². The van der Waals surface area contributed by atoms with E-state index in [0.29, 0.717) is 16.5 Å². The molecule has 0 bridgehead atoms. The Labute approximate surface area is 157 Å². The van der Waals surface area contributed by atoms with Gasteiger partial charge in [-0.1, -0.05) is 35.4 Å². The predicted molar refractivity (Wildman–Crippen MR) is 104 cm³/mol. The molecule has 2 aromatic carbocycles. The van der Waals surface area contributed by atoms with Crippen LogP contribution in [0.4, 0.5) is 10.1 Å². The number of hydrogen-bond donors (Lipinski definition) is 2. The molecule has 2 unspecified atom stereocenters. The Hall–Kier alpha value is -1.34. The summed E-state index contributed by atoms with van der Waals surface area (Å²) in [5.74, 6) is 0.0659. The second kappa shape index (κ2) is 7.49. The van der Waals surface area contributed by atoms with Crippen LogP contribution >= 0.6 is 35.6 Å². The van der Waals surface area contributed by atoms with Gasteiger partial charge in [0.25, 0.3) is 0 Å². The molecule has 1 saturated carbocycles. The molecule has 6 heteroatoms. The maximum atomic E-state index is 13.9. The summed E-state index contributed by atoms with van der Waals surface area (Å²) in [4.78, 5) is 4.40. The summed E-state index contributed by atoms with van der Waals surface area (Å²) in [5.41, 5.74) is 8.52. The van der Waals surface area contributed by atoms with Crippen LogP contribution in [0.3, 0.4) is 0 Å². The molecule has 122 valence electrons. The average Bonchev–Trinajstić information content (AvgIpc) is 3.20. The molecule has 3 rings (SSSR count). The Bertz CT molecular complexity index is 698. The van der Waals surface area contributed by atoms with Crippen molar-refractivity contribution in [3.63, 3.8) is 0 Å². The number of aliphatic imine (C=N–C) groups is 1. The van der Waals surface area contributed by atoms with Gasteiger partial charge in [-0.05, 0) is 37.6 Å². The monoisotopic (exact) mass is 445 g/mol. The molecule has 0 aliphatic heterocycles. The molecule has 23 heavy (non-hydrogen) atoms. The number of nitrogens with two attached hydrogens (primary N) is 1. The second-order valence-electron chi connectivity index (χ2n) is 5.55. The Morgan fingerprint density at radius 1 is 1.26 bits per heavy atom. The van der Waals surface area contributed by atoms with Gasteiger partial charge in [-0.25, -0.2) is 9.38 Å². The van der Waals surface area contributed by atoms with Gasteiger partial charge in [0.1, 0.15) is 5.82 Å². The minimum Gasteiger partial charge on any atom is -0.370 e. The zero-order chi connectivity index (χ0) is 15.7. The molecule has 1 aliphatic carbocycles. The third-order valence-electron chi connectivity index (χ3n) is 3.76. The number of nitrogens with one attached hydrogen (secondary N) is 1. The predicted octanol–water partition coefficient (Wildman–Crippen LogP) is 4.69. The van der Waals surface area contributed by atoms with Crippen LogP contribution in [0.15, 0.2) is 47.5 Å². The molecule has 0 saturated heterocycles. The molecule has 2 atom stereocenters. The van der Waals surface area contributed by atoms with Crippen molar-refractivity contribution in [1.29, 1.82) is 0 Å². The minimum absolute atomic E-state index is 0. The molecule has 1 fully saturated rings. The first-order valence-corrected chi connectivity index (χ1v) is 7.53. The normalized spacial score (nSPS) is 19.9. The number of halogens is 3. The Balaban J connectivity index is 0.00000192. The summed E-state index contributed by atoms with van der Waals surface area (Å²) in [6.45, 7) is 2.02. The highest BCUT2D eigenvalue weighted by Crippen LogP contribution is 2.47. The zero-order valence-corrected chi connectivity index (χ0v) is 15.7. The van der Waals surface area contributed by atoms with Gasteiger partial charge < -0.3 is 11.1 Å². The number of hydrogen-bond acceptors (Lipinski definition) is 1. The smallest absolute Gasteiger partial charge is 0.193 e. The van der Waals surface area contributed by atoms with Gasteiger partial charge in [-0.2, -0.15) is 0 Å². The van der Waals surface area contributed by atoms with Crippen molar-refractivity contribution in [2.75, 3.05) is 5.32 Å². The van der Waals surface area contributed by atoms with Crippen molar-refractivity contribution in [3.05, 3.63) is 64.4 Å². The first-order chi connectivity index (χ1) is 10.5. The maximum Gasteiger partial charge on any atom is 0.193 e. The summed E-state index contributed by atoms with van der Waals surface area (Å²) in [7, 11) is 0. The first kappa shape index (κ1) is 18.0. The molecule has 3 nitrogen and oxygen atoms in total. The van der Waals surface area contributed by atoms with Gasteiger partial charge in [0, 0.05) is 22.2 Å². The number of anilines is 1. The lowest BCUT2D eigenvalue weighted by Crippen LogP contribution is -2.23. The van der Waals surface area contributed by atoms with Crippen molar-refractivity contribution in [2.45, 2.75) is 25.3 Å². The molecule has 0 spiro atoms. The average molecular weight is 446 g/mol. The van der Waals surface area contributed by atoms with E-state index in [-0.39, 0.29) is 41.8 Å². The Morgan fingerprint density at radius 3 is 2.61 bits per heavy atom. The van der Waals surface area contributed by atoms with E-state index in [0.717, 1.165) is 12.1 Å². The van der Waals surface area contributed by atoms with Crippen molar-refractivity contribution in [3.8, 4) is 0 Å². The fourth-order valence-corrected chi connectivity index (χ4v) is 2.80. The fourth-order valence-electron chi connectivity index (χ4n) is 2.50. The van der Waals surface area contributed by atoms with Crippen LogP contribution in [0.25, 0.3) is 0 Å². The van der Waals surface area contributed by atoms with Gasteiger partial charge in [0.05, 0.1) is 6.04 Å². The first-order valence-electron chi connectivity index (χ1n) is 7.15.